The second-order valence-corrected chi connectivity index (χ2v) is 6.07. The van der Waals surface area contributed by atoms with Crippen molar-refractivity contribution in [3.05, 3.63) is 71.2 Å². The first kappa shape index (κ1) is 17.8. The van der Waals surface area contributed by atoms with Crippen molar-refractivity contribution in [1.82, 2.24) is 15.2 Å². The van der Waals surface area contributed by atoms with Crippen LogP contribution in [0.4, 0.5) is 0 Å². The summed E-state index contributed by atoms with van der Waals surface area (Å²) in [6.07, 6.45) is 4.95. The lowest BCUT2D eigenvalue weighted by Gasteiger charge is -2.27. The molecule has 1 aliphatic rings. The highest BCUT2D eigenvalue weighted by molar-refractivity contribution is 6.05. The van der Waals surface area contributed by atoms with Gasteiger partial charge in [-0.3, -0.25) is 14.6 Å². The number of carbonyl (C=O) groups is 2. The zero-order valence-electron chi connectivity index (χ0n) is 14.6. The fourth-order valence-electron chi connectivity index (χ4n) is 2.62. The molecule has 0 radical (unpaired) electrons. The van der Waals surface area contributed by atoms with Gasteiger partial charge in [-0.15, -0.1) is 0 Å². The maximum atomic E-state index is 12.9. The number of hydrogen-bond acceptors (Lipinski definition) is 4. The first-order valence-electron chi connectivity index (χ1n) is 8.50. The van der Waals surface area contributed by atoms with Gasteiger partial charge >= 0.3 is 0 Å². The molecule has 2 heterocycles. The molecule has 1 aliphatic heterocycles. The molecule has 134 valence electrons. The topological polar surface area (TPSA) is 71.5 Å². The lowest BCUT2D eigenvalue weighted by Crippen LogP contribution is -2.44. The van der Waals surface area contributed by atoms with E-state index in [0.29, 0.717) is 31.9 Å². The molecular weight excluding hydrogens is 330 g/mol. The summed E-state index contributed by atoms with van der Waals surface area (Å²) in [4.78, 5) is 31.2. The molecule has 0 unspecified atom stereocenters. The van der Waals surface area contributed by atoms with E-state index >= 15 is 0 Å². The summed E-state index contributed by atoms with van der Waals surface area (Å²) in [6, 6.07) is 10.8. The van der Waals surface area contributed by atoms with E-state index in [9.17, 15) is 9.59 Å². The van der Waals surface area contributed by atoms with Crippen molar-refractivity contribution in [2.24, 2.45) is 0 Å². The second kappa shape index (κ2) is 8.40. The highest BCUT2D eigenvalue weighted by Gasteiger charge is 2.22. The van der Waals surface area contributed by atoms with Gasteiger partial charge in [-0.05, 0) is 36.8 Å². The largest absolute Gasteiger partial charge is 0.378 e. The van der Waals surface area contributed by atoms with Crippen molar-refractivity contribution in [2.75, 3.05) is 26.3 Å². The average molecular weight is 351 g/mol. The SMILES string of the molecule is Cc1ccc(C(=O)N/C(=C/c2cccnc2)C(=O)N2CCOCC2)cc1. The minimum absolute atomic E-state index is 0.224. The highest BCUT2D eigenvalue weighted by atomic mass is 16.5. The standard InChI is InChI=1S/C20H21N3O3/c1-15-4-6-17(7-5-15)19(24)22-18(13-16-3-2-8-21-14-16)20(25)23-9-11-26-12-10-23/h2-8,13-14H,9-12H2,1H3,(H,22,24)/b18-13+. The molecule has 1 N–H and O–H groups in total. The number of carbonyl (C=O) groups excluding carboxylic acids is 2. The Morgan fingerprint density at radius 3 is 2.54 bits per heavy atom. The van der Waals surface area contributed by atoms with Crippen LogP contribution in [0, 0.1) is 6.92 Å². The van der Waals surface area contributed by atoms with Crippen LogP contribution < -0.4 is 5.32 Å². The van der Waals surface area contributed by atoms with E-state index in [0.717, 1.165) is 11.1 Å². The normalized spacial score (nSPS) is 14.8. The van der Waals surface area contributed by atoms with Crippen LogP contribution in [-0.4, -0.2) is 48.0 Å². The van der Waals surface area contributed by atoms with Gasteiger partial charge in [0.1, 0.15) is 5.70 Å². The third-order valence-corrected chi connectivity index (χ3v) is 4.09. The highest BCUT2D eigenvalue weighted by Crippen LogP contribution is 2.11. The van der Waals surface area contributed by atoms with Gasteiger partial charge in [-0.1, -0.05) is 23.8 Å². The lowest BCUT2D eigenvalue weighted by atomic mass is 10.1. The van der Waals surface area contributed by atoms with Gasteiger partial charge in [0.05, 0.1) is 13.2 Å². The van der Waals surface area contributed by atoms with Crippen molar-refractivity contribution in [1.29, 1.82) is 0 Å². The van der Waals surface area contributed by atoms with E-state index in [1.54, 1.807) is 41.6 Å². The Morgan fingerprint density at radius 2 is 1.88 bits per heavy atom. The Labute approximate surface area is 152 Å². The van der Waals surface area contributed by atoms with E-state index in [1.807, 2.05) is 25.1 Å². The molecule has 0 spiro atoms. The number of hydrogen-bond donors (Lipinski definition) is 1. The van der Waals surface area contributed by atoms with Crippen molar-refractivity contribution in [3.8, 4) is 0 Å². The van der Waals surface area contributed by atoms with Gasteiger partial charge in [0.15, 0.2) is 0 Å². The molecular formula is C20H21N3O3. The number of amides is 2. The van der Waals surface area contributed by atoms with E-state index in [4.69, 9.17) is 4.74 Å². The van der Waals surface area contributed by atoms with E-state index < -0.39 is 0 Å². The molecule has 1 saturated heterocycles. The van der Waals surface area contributed by atoms with Crippen LogP contribution in [-0.2, 0) is 9.53 Å². The molecule has 2 amide bonds. The number of pyridine rings is 1. The van der Waals surface area contributed by atoms with Crippen LogP contribution in [0.1, 0.15) is 21.5 Å². The number of ether oxygens (including phenoxy) is 1. The summed E-state index contributed by atoms with van der Waals surface area (Å²) in [5.41, 5.74) is 2.54. The predicted octanol–water partition coefficient (Wildman–Crippen LogP) is 2.02. The Balaban J connectivity index is 1.84. The molecule has 1 aromatic carbocycles. The van der Waals surface area contributed by atoms with Crippen LogP contribution >= 0.6 is 0 Å². The summed E-state index contributed by atoms with van der Waals surface area (Å²) in [6.45, 7) is 3.96. The van der Waals surface area contributed by atoms with E-state index in [1.165, 1.54) is 0 Å². The molecule has 1 aromatic heterocycles. The summed E-state index contributed by atoms with van der Waals surface area (Å²) >= 11 is 0. The number of nitrogens with zero attached hydrogens (tertiary/aromatic N) is 2. The Kier molecular flexibility index (Phi) is 5.76. The average Bonchev–Trinajstić information content (AvgIpc) is 2.69. The fourth-order valence-corrected chi connectivity index (χ4v) is 2.62. The van der Waals surface area contributed by atoms with E-state index in [2.05, 4.69) is 10.3 Å². The molecule has 0 atom stereocenters. The molecule has 1 fully saturated rings. The zero-order valence-corrected chi connectivity index (χ0v) is 14.6. The molecule has 2 aromatic rings. The van der Waals surface area contributed by atoms with E-state index in [-0.39, 0.29) is 17.5 Å². The minimum Gasteiger partial charge on any atom is -0.378 e. The summed E-state index contributed by atoms with van der Waals surface area (Å²) in [5.74, 6) is -0.542. The number of aromatic nitrogens is 1. The van der Waals surface area contributed by atoms with Crippen LogP contribution in [0.3, 0.4) is 0 Å². The van der Waals surface area contributed by atoms with Crippen molar-refractivity contribution in [3.63, 3.8) is 0 Å². The summed E-state index contributed by atoms with van der Waals surface area (Å²) < 4.78 is 5.30. The van der Waals surface area contributed by atoms with Gasteiger partial charge in [0.2, 0.25) is 0 Å². The Hall–Kier alpha value is -2.99. The molecule has 3 rings (SSSR count). The van der Waals surface area contributed by atoms with Crippen LogP contribution in [0.15, 0.2) is 54.5 Å². The van der Waals surface area contributed by atoms with Crippen molar-refractivity contribution < 1.29 is 14.3 Å². The Morgan fingerprint density at radius 1 is 1.15 bits per heavy atom. The third-order valence-electron chi connectivity index (χ3n) is 4.09. The maximum Gasteiger partial charge on any atom is 0.270 e. The van der Waals surface area contributed by atoms with Gasteiger partial charge in [0, 0.05) is 31.0 Å². The fraction of sp³-hybridized carbons (Fsp3) is 0.250. The molecule has 0 bridgehead atoms. The second-order valence-electron chi connectivity index (χ2n) is 6.07. The monoisotopic (exact) mass is 351 g/mol. The number of benzene rings is 1. The lowest BCUT2D eigenvalue weighted by molar-refractivity contribution is -0.131. The van der Waals surface area contributed by atoms with Crippen LogP contribution in [0.2, 0.25) is 0 Å². The molecule has 0 aliphatic carbocycles. The quantitative estimate of drug-likeness (QED) is 0.856. The molecule has 6 heteroatoms. The Bertz CT molecular complexity index is 795. The van der Waals surface area contributed by atoms with Crippen LogP contribution in [0.25, 0.3) is 6.08 Å². The third kappa shape index (κ3) is 4.55. The predicted molar refractivity (Wildman–Crippen MR) is 98.3 cm³/mol. The summed E-state index contributed by atoms with van der Waals surface area (Å²) in [7, 11) is 0. The summed E-state index contributed by atoms with van der Waals surface area (Å²) in [5, 5.41) is 2.76. The van der Waals surface area contributed by atoms with Gasteiger partial charge in [0.25, 0.3) is 11.8 Å². The van der Waals surface area contributed by atoms with Crippen LogP contribution in [0.5, 0.6) is 0 Å². The van der Waals surface area contributed by atoms with Gasteiger partial charge < -0.3 is 15.0 Å². The first-order valence-corrected chi connectivity index (χ1v) is 8.50. The van der Waals surface area contributed by atoms with Gasteiger partial charge in [-0.25, -0.2) is 0 Å². The smallest absolute Gasteiger partial charge is 0.270 e. The number of morpholine rings is 1. The molecule has 0 saturated carbocycles. The molecule has 26 heavy (non-hydrogen) atoms. The number of rotatable bonds is 4. The van der Waals surface area contributed by atoms with Gasteiger partial charge in [-0.2, -0.15) is 0 Å². The minimum atomic E-state index is -0.318. The number of aryl methyl sites for hydroxylation is 1. The van der Waals surface area contributed by atoms with Crippen molar-refractivity contribution >= 4 is 17.9 Å². The molecule has 6 nitrogen and oxygen atoms in total. The maximum absolute atomic E-state index is 12.9. The number of nitrogens with one attached hydrogen (secondary N) is 1. The zero-order chi connectivity index (χ0) is 18.4. The first-order chi connectivity index (χ1) is 12.6. The van der Waals surface area contributed by atoms with Crippen molar-refractivity contribution in [2.45, 2.75) is 6.92 Å².